The third kappa shape index (κ3) is 3.10. The molecule has 1 aromatic carbocycles. The summed E-state index contributed by atoms with van der Waals surface area (Å²) < 4.78 is 4.90. The maximum Gasteiger partial charge on any atom is 0.323 e. The highest BCUT2D eigenvalue weighted by atomic mass is 16.5. The third-order valence-electron chi connectivity index (χ3n) is 4.38. The van der Waals surface area contributed by atoms with E-state index < -0.39 is 6.04 Å². The predicted octanol–water partition coefficient (Wildman–Crippen LogP) is 0.964. The lowest BCUT2D eigenvalue weighted by molar-refractivity contribution is -0.149. The van der Waals surface area contributed by atoms with E-state index in [-0.39, 0.29) is 37.2 Å². The van der Waals surface area contributed by atoms with Gasteiger partial charge in [-0.25, -0.2) is 0 Å². The molecule has 0 aliphatic carbocycles. The number of hydrogen-bond donors (Lipinski definition) is 2. The standard InChI is InChI=1S/C16H23NO4/c1-11(12-6-4-3-5-7-12)17-14(10-19)8-13(9-18)15(17)16(20)21-2/h3-7,11,13-15,18-19H,8-10H2,1-2H3/t11-,13-,14+,15+/m0/s1. The van der Waals surface area contributed by atoms with Gasteiger partial charge in [-0.05, 0) is 18.9 Å². The first-order chi connectivity index (χ1) is 10.1. The van der Waals surface area contributed by atoms with E-state index >= 15 is 0 Å². The molecule has 1 aliphatic heterocycles. The molecule has 0 unspecified atom stereocenters. The van der Waals surface area contributed by atoms with Crippen LogP contribution in [0.15, 0.2) is 30.3 Å². The number of benzene rings is 1. The summed E-state index contributed by atoms with van der Waals surface area (Å²) in [5.41, 5.74) is 1.07. The van der Waals surface area contributed by atoms with Crippen LogP contribution in [-0.4, -0.2) is 53.5 Å². The zero-order valence-electron chi connectivity index (χ0n) is 12.5. The van der Waals surface area contributed by atoms with E-state index in [2.05, 4.69) is 0 Å². The van der Waals surface area contributed by atoms with Gasteiger partial charge in [-0.15, -0.1) is 0 Å². The SMILES string of the molecule is COC(=O)[C@H]1[C@H](CO)C[C@H](CO)N1[C@@H](C)c1ccccc1. The predicted molar refractivity (Wildman–Crippen MR) is 78.6 cm³/mol. The van der Waals surface area contributed by atoms with Crippen LogP contribution in [0, 0.1) is 5.92 Å². The second-order valence-corrected chi connectivity index (χ2v) is 5.52. The molecule has 1 aliphatic rings. The van der Waals surface area contributed by atoms with Crippen molar-refractivity contribution in [2.45, 2.75) is 31.5 Å². The van der Waals surface area contributed by atoms with Gasteiger partial charge in [-0.1, -0.05) is 30.3 Å². The summed E-state index contributed by atoms with van der Waals surface area (Å²) in [4.78, 5) is 14.1. The van der Waals surface area contributed by atoms with Crippen molar-refractivity contribution in [2.75, 3.05) is 20.3 Å². The lowest BCUT2D eigenvalue weighted by Crippen LogP contribution is -2.46. The van der Waals surface area contributed by atoms with E-state index in [9.17, 15) is 15.0 Å². The van der Waals surface area contributed by atoms with Gasteiger partial charge in [-0.2, -0.15) is 0 Å². The summed E-state index contributed by atoms with van der Waals surface area (Å²) in [7, 11) is 1.36. The molecule has 0 amide bonds. The Morgan fingerprint density at radius 3 is 2.52 bits per heavy atom. The number of methoxy groups -OCH3 is 1. The molecule has 0 bridgehead atoms. The molecule has 1 saturated heterocycles. The monoisotopic (exact) mass is 293 g/mol. The maximum absolute atomic E-state index is 12.1. The summed E-state index contributed by atoms with van der Waals surface area (Å²) in [5, 5.41) is 19.2. The van der Waals surface area contributed by atoms with E-state index in [1.165, 1.54) is 7.11 Å². The number of aliphatic hydroxyl groups is 2. The molecule has 116 valence electrons. The van der Waals surface area contributed by atoms with Crippen molar-refractivity contribution in [1.82, 2.24) is 4.90 Å². The van der Waals surface area contributed by atoms with Gasteiger partial charge in [0.25, 0.3) is 0 Å². The molecule has 1 aromatic rings. The van der Waals surface area contributed by atoms with Crippen LogP contribution in [0.25, 0.3) is 0 Å². The Bertz CT molecular complexity index is 465. The Labute approximate surface area is 125 Å². The van der Waals surface area contributed by atoms with Crippen molar-refractivity contribution in [3.05, 3.63) is 35.9 Å². The van der Waals surface area contributed by atoms with Crippen molar-refractivity contribution in [3.63, 3.8) is 0 Å². The second-order valence-electron chi connectivity index (χ2n) is 5.52. The quantitative estimate of drug-likeness (QED) is 0.792. The summed E-state index contributed by atoms with van der Waals surface area (Å²) in [5.74, 6) is -0.562. The van der Waals surface area contributed by atoms with Gasteiger partial charge in [0.05, 0.1) is 13.7 Å². The number of ether oxygens (including phenoxy) is 1. The van der Waals surface area contributed by atoms with Crippen molar-refractivity contribution >= 4 is 5.97 Å². The molecule has 0 radical (unpaired) electrons. The van der Waals surface area contributed by atoms with Crippen molar-refractivity contribution < 1.29 is 19.7 Å². The van der Waals surface area contributed by atoms with Gasteiger partial charge in [0, 0.05) is 24.6 Å². The molecule has 2 rings (SSSR count). The first-order valence-electron chi connectivity index (χ1n) is 7.26. The minimum absolute atomic E-state index is 0.0380. The van der Waals surface area contributed by atoms with Crippen LogP contribution < -0.4 is 0 Å². The van der Waals surface area contributed by atoms with Gasteiger partial charge < -0.3 is 14.9 Å². The average Bonchev–Trinajstić information content (AvgIpc) is 2.92. The fourth-order valence-corrected chi connectivity index (χ4v) is 3.31. The lowest BCUT2D eigenvalue weighted by atomic mass is 9.99. The number of carbonyl (C=O) groups excluding carboxylic acids is 1. The molecule has 5 heteroatoms. The van der Waals surface area contributed by atoms with E-state index in [1.54, 1.807) is 0 Å². The first kappa shape index (κ1) is 15.9. The van der Waals surface area contributed by atoms with Gasteiger partial charge in [0.15, 0.2) is 0 Å². The number of likely N-dealkylation sites (tertiary alicyclic amines) is 1. The third-order valence-corrected chi connectivity index (χ3v) is 4.38. The Kier molecular flexibility index (Phi) is 5.33. The van der Waals surface area contributed by atoms with E-state index in [0.29, 0.717) is 6.42 Å². The summed E-state index contributed by atoms with van der Waals surface area (Å²) in [6, 6.07) is 9.13. The fourth-order valence-electron chi connectivity index (χ4n) is 3.31. The molecule has 0 spiro atoms. The highest BCUT2D eigenvalue weighted by Crippen LogP contribution is 2.37. The van der Waals surface area contributed by atoms with E-state index in [1.807, 2.05) is 42.2 Å². The van der Waals surface area contributed by atoms with Crippen molar-refractivity contribution in [1.29, 1.82) is 0 Å². The zero-order chi connectivity index (χ0) is 15.4. The minimum atomic E-state index is -0.521. The normalized spacial score (nSPS) is 27.5. The van der Waals surface area contributed by atoms with E-state index in [4.69, 9.17) is 4.74 Å². The summed E-state index contributed by atoms with van der Waals surface area (Å²) in [6.07, 6.45) is 0.587. The molecule has 0 saturated carbocycles. The van der Waals surface area contributed by atoms with Crippen LogP contribution >= 0.6 is 0 Å². The largest absolute Gasteiger partial charge is 0.468 e. The van der Waals surface area contributed by atoms with Crippen LogP contribution in [0.2, 0.25) is 0 Å². The van der Waals surface area contributed by atoms with Crippen LogP contribution in [0.3, 0.4) is 0 Å². The Morgan fingerprint density at radius 2 is 2.00 bits per heavy atom. The van der Waals surface area contributed by atoms with Crippen LogP contribution in [-0.2, 0) is 9.53 Å². The average molecular weight is 293 g/mol. The molecule has 1 heterocycles. The molecule has 5 nitrogen and oxygen atoms in total. The van der Waals surface area contributed by atoms with Crippen molar-refractivity contribution in [2.24, 2.45) is 5.92 Å². The first-order valence-corrected chi connectivity index (χ1v) is 7.26. The molecular formula is C16H23NO4. The van der Waals surface area contributed by atoms with Crippen LogP contribution in [0.1, 0.15) is 24.9 Å². The molecule has 1 fully saturated rings. The highest BCUT2D eigenvalue weighted by Gasteiger charge is 2.47. The van der Waals surface area contributed by atoms with Crippen molar-refractivity contribution in [3.8, 4) is 0 Å². The molecular weight excluding hydrogens is 270 g/mol. The number of aliphatic hydroxyl groups excluding tert-OH is 2. The van der Waals surface area contributed by atoms with E-state index in [0.717, 1.165) is 5.56 Å². The molecule has 2 N–H and O–H groups in total. The molecule has 0 aromatic heterocycles. The van der Waals surface area contributed by atoms with Gasteiger partial charge in [0.1, 0.15) is 6.04 Å². The summed E-state index contributed by atoms with van der Waals surface area (Å²) >= 11 is 0. The topological polar surface area (TPSA) is 70.0 Å². The highest BCUT2D eigenvalue weighted by molar-refractivity contribution is 5.76. The summed E-state index contributed by atoms with van der Waals surface area (Å²) in [6.45, 7) is 1.88. The number of rotatable bonds is 5. The Morgan fingerprint density at radius 1 is 1.33 bits per heavy atom. The molecule has 21 heavy (non-hydrogen) atoms. The number of nitrogens with zero attached hydrogens (tertiary/aromatic N) is 1. The number of esters is 1. The zero-order valence-corrected chi connectivity index (χ0v) is 12.5. The smallest absolute Gasteiger partial charge is 0.323 e. The fraction of sp³-hybridized carbons (Fsp3) is 0.562. The van der Waals surface area contributed by atoms with Crippen LogP contribution in [0.5, 0.6) is 0 Å². The second kappa shape index (κ2) is 7.02. The molecule has 4 atom stereocenters. The van der Waals surface area contributed by atoms with Crippen LogP contribution in [0.4, 0.5) is 0 Å². The number of hydrogen-bond acceptors (Lipinski definition) is 5. The maximum atomic E-state index is 12.1. The van der Waals surface area contributed by atoms with Gasteiger partial charge in [0.2, 0.25) is 0 Å². The van der Waals surface area contributed by atoms with Gasteiger partial charge >= 0.3 is 5.97 Å². The van der Waals surface area contributed by atoms with Gasteiger partial charge in [-0.3, -0.25) is 9.69 Å². The Balaban J connectivity index is 2.33. The number of carbonyl (C=O) groups is 1. The Hall–Kier alpha value is -1.43. The minimum Gasteiger partial charge on any atom is -0.468 e. The lowest BCUT2D eigenvalue weighted by Gasteiger charge is -2.34.